The van der Waals surface area contributed by atoms with Gasteiger partial charge in [-0.1, -0.05) is 6.07 Å². The van der Waals surface area contributed by atoms with Crippen molar-refractivity contribution < 1.29 is 9.53 Å². The summed E-state index contributed by atoms with van der Waals surface area (Å²) in [7, 11) is 0. The second-order valence-electron chi connectivity index (χ2n) is 3.66. The number of ether oxygens (including phenoxy) is 1. The third-order valence-electron chi connectivity index (χ3n) is 1.91. The fourth-order valence-corrected chi connectivity index (χ4v) is 1.09. The standard InChI is InChI=1S/C10H15N3O2/c1-10(2,9(14)13-12)15-8-5-3-4-7(11)6-8/h3-6H,11-12H2,1-2H3,(H,13,14). The average molecular weight is 209 g/mol. The molecule has 1 rings (SSSR count). The van der Waals surface area contributed by atoms with Gasteiger partial charge >= 0.3 is 0 Å². The maximum Gasteiger partial charge on any atom is 0.277 e. The van der Waals surface area contributed by atoms with Gasteiger partial charge in [0.15, 0.2) is 5.60 Å². The summed E-state index contributed by atoms with van der Waals surface area (Å²) < 4.78 is 5.46. The van der Waals surface area contributed by atoms with Crippen LogP contribution in [-0.4, -0.2) is 11.5 Å². The highest BCUT2D eigenvalue weighted by Crippen LogP contribution is 2.20. The maximum absolute atomic E-state index is 11.3. The monoisotopic (exact) mass is 209 g/mol. The Morgan fingerprint density at radius 1 is 1.47 bits per heavy atom. The molecule has 0 aromatic heterocycles. The van der Waals surface area contributed by atoms with Crippen molar-refractivity contribution in [1.29, 1.82) is 0 Å². The molecule has 0 saturated heterocycles. The molecule has 0 atom stereocenters. The van der Waals surface area contributed by atoms with E-state index in [4.69, 9.17) is 16.3 Å². The molecule has 0 saturated carbocycles. The minimum absolute atomic E-state index is 0.398. The van der Waals surface area contributed by atoms with E-state index in [1.165, 1.54) is 0 Å². The number of nitrogens with one attached hydrogen (secondary N) is 1. The van der Waals surface area contributed by atoms with Crippen molar-refractivity contribution >= 4 is 11.6 Å². The van der Waals surface area contributed by atoms with Crippen molar-refractivity contribution in [3.63, 3.8) is 0 Å². The van der Waals surface area contributed by atoms with Crippen LogP contribution in [0.3, 0.4) is 0 Å². The zero-order valence-electron chi connectivity index (χ0n) is 8.78. The van der Waals surface area contributed by atoms with Crippen LogP contribution in [0.5, 0.6) is 5.75 Å². The van der Waals surface area contributed by atoms with E-state index in [1.54, 1.807) is 38.1 Å². The first kappa shape index (κ1) is 11.3. The van der Waals surface area contributed by atoms with Crippen molar-refractivity contribution in [2.24, 2.45) is 5.84 Å². The number of nitrogens with two attached hydrogens (primary N) is 2. The Bertz CT molecular complexity index is 363. The van der Waals surface area contributed by atoms with E-state index in [-0.39, 0.29) is 0 Å². The lowest BCUT2D eigenvalue weighted by atomic mass is 10.1. The number of anilines is 1. The molecule has 5 heteroatoms. The predicted molar refractivity (Wildman–Crippen MR) is 57.9 cm³/mol. The number of amides is 1. The molecule has 0 heterocycles. The van der Waals surface area contributed by atoms with Crippen molar-refractivity contribution in [2.75, 3.05) is 5.73 Å². The first-order valence-electron chi connectivity index (χ1n) is 4.51. The smallest absolute Gasteiger partial charge is 0.277 e. The van der Waals surface area contributed by atoms with E-state index in [0.717, 1.165) is 0 Å². The lowest BCUT2D eigenvalue weighted by Gasteiger charge is -2.24. The van der Waals surface area contributed by atoms with E-state index < -0.39 is 11.5 Å². The number of rotatable bonds is 3. The first-order valence-corrected chi connectivity index (χ1v) is 4.51. The van der Waals surface area contributed by atoms with Gasteiger partial charge < -0.3 is 10.5 Å². The molecule has 0 spiro atoms. The molecule has 0 aliphatic carbocycles. The molecule has 0 unspecified atom stereocenters. The molecule has 1 aromatic carbocycles. The van der Waals surface area contributed by atoms with Gasteiger partial charge in [-0.25, -0.2) is 5.84 Å². The molecule has 0 fully saturated rings. The highest BCUT2D eigenvalue weighted by molar-refractivity contribution is 5.84. The summed E-state index contributed by atoms with van der Waals surface area (Å²) in [5.41, 5.74) is 7.18. The summed E-state index contributed by atoms with van der Waals surface area (Å²) in [5.74, 6) is 5.17. The topological polar surface area (TPSA) is 90.4 Å². The summed E-state index contributed by atoms with van der Waals surface area (Å²) in [6.45, 7) is 3.25. The van der Waals surface area contributed by atoms with Crippen LogP contribution in [0.1, 0.15) is 13.8 Å². The number of carbonyl (C=O) groups excluding carboxylic acids is 1. The van der Waals surface area contributed by atoms with Crippen molar-refractivity contribution in [3.8, 4) is 5.75 Å². The number of nitrogen functional groups attached to an aromatic ring is 1. The third-order valence-corrected chi connectivity index (χ3v) is 1.91. The molecule has 82 valence electrons. The largest absolute Gasteiger partial charge is 0.478 e. The van der Waals surface area contributed by atoms with Gasteiger partial charge in [0.1, 0.15) is 5.75 Å². The van der Waals surface area contributed by atoms with Crippen LogP contribution in [0.2, 0.25) is 0 Å². The molecular formula is C10H15N3O2. The van der Waals surface area contributed by atoms with E-state index >= 15 is 0 Å². The quantitative estimate of drug-likeness (QED) is 0.291. The minimum Gasteiger partial charge on any atom is -0.478 e. The zero-order chi connectivity index (χ0) is 11.5. The van der Waals surface area contributed by atoms with Gasteiger partial charge in [0.2, 0.25) is 0 Å². The molecule has 1 amide bonds. The molecular weight excluding hydrogens is 194 g/mol. The predicted octanol–water partition coefficient (Wildman–Crippen LogP) is 0.416. The van der Waals surface area contributed by atoms with Gasteiger partial charge in [-0.05, 0) is 26.0 Å². The maximum atomic E-state index is 11.3. The first-order chi connectivity index (χ1) is 6.95. The highest BCUT2D eigenvalue weighted by atomic mass is 16.5. The Morgan fingerprint density at radius 2 is 2.13 bits per heavy atom. The van der Waals surface area contributed by atoms with Crippen LogP contribution in [0, 0.1) is 0 Å². The van der Waals surface area contributed by atoms with Gasteiger partial charge in [-0.15, -0.1) is 0 Å². The summed E-state index contributed by atoms with van der Waals surface area (Å²) in [4.78, 5) is 11.3. The molecule has 0 radical (unpaired) electrons. The van der Waals surface area contributed by atoms with Crippen LogP contribution in [0.4, 0.5) is 5.69 Å². The molecule has 0 aliphatic heterocycles. The molecule has 0 aliphatic rings. The molecule has 15 heavy (non-hydrogen) atoms. The molecule has 1 aromatic rings. The fraction of sp³-hybridized carbons (Fsp3) is 0.300. The summed E-state index contributed by atoms with van der Waals surface area (Å²) in [5, 5.41) is 0. The number of benzene rings is 1. The molecule has 5 N–H and O–H groups in total. The number of hydrogen-bond donors (Lipinski definition) is 3. The van der Waals surface area contributed by atoms with Crippen molar-refractivity contribution in [2.45, 2.75) is 19.4 Å². The lowest BCUT2D eigenvalue weighted by molar-refractivity contribution is -0.134. The van der Waals surface area contributed by atoms with Crippen LogP contribution in [0.15, 0.2) is 24.3 Å². The minimum atomic E-state index is -1.03. The highest BCUT2D eigenvalue weighted by Gasteiger charge is 2.29. The Hall–Kier alpha value is -1.75. The Kier molecular flexibility index (Phi) is 3.16. The van der Waals surface area contributed by atoms with Gasteiger partial charge in [0, 0.05) is 11.8 Å². The van der Waals surface area contributed by atoms with Crippen LogP contribution in [0.25, 0.3) is 0 Å². The van der Waals surface area contributed by atoms with E-state index in [2.05, 4.69) is 0 Å². The summed E-state index contributed by atoms with van der Waals surface area (Å²) in [6.07, 6.45) is 0. The lowest BCUT2D eigenvalue weighted by Crippen LogP contribution is -2.49. The number of hydrogen-bond acceptors (Lipinski definition) is 4. The van der Waals surface area contributed by atoms with Crippen molar-refractivity contribution in [1.82, 2.24) is 5.43 Å². The molecule has 5 nitrogen and oxygen atoms in total. The Balaban J connectivity index is 2.81. The normalized spacial score (nSPS) is 10.9. The van der Waals surface area contributed by atoms with Gasteiger partial charge in [0.05, 0.1) is 0 Å². The van der Waals surface area contributed by atoms with Gasteiger partial charge in [-0.3, -0.25) is 10.2 Å². The third kappa shape index (κ3) is 2.85. The van der Waals surface area contributed by atoms with E-state index in [9.17, 15) is 4.79 Å². The van der Waals surface area contributed by atoms with Crippen LogP contribution >= 0.6 is 0 Å². The Labute approximate surface area is 88.4 Å². The van der Waals surface area contributed by atoms with Crippen molar-refractivity contribution in [3.05, 3.63) is 24.3 Å². The van der Waals surface area contributed by atoms with E-state index in [0.29, 0.717) is 11.4 Å². The second kappa shape index (κ2) is 4.18. The van der Waals surface area contributed by atoms with E-state index in [1.807, 2.05) is 5.43 Å². The summed E-state index contributed by atoms with van der Waals surface area (Å²) >= 11 is 0. The number of carbonyl (C=O) groups is 1. The SMILES string of the molecule is CC(C)(Oc1cccc(N)c1)C(=O)NN. The second-order valence-corrected chi connectivity index (χ2v) is 3.66. The number of hydrazine groups is 1. The average Bonchev–Trinajstić information content (AvgIpc) is 2.15. The molecule has 0 bridgehead atoms. The van der Waals surface area contributed by atoms with Crippen LogP contribution < -0.4 is 21.7 Å². The van der Waals surface area contributed by atoms with Gasteiger partial charge in [0.25, 0.3) is 5.91 Å². The summed E-state index contributed by atoms with van der Waals surface area (Å²) in [6, 6.07) is 6.86. The Morgan fingerprint density at radius 3 is 2.67 bits per heavy atom. The fourth-order valence-electron chi connectivity index (χ4n) is 1.09. The van der Waals surface area contributed by atoms with Crippen LogP contribution in [-0.2, 0) is 4.79 Å². The zero-order valence-corrected chi connectivity index (χ0v) is 8.78. The van der Waals surface area contributed by atoms with Gasteiger partial charge in [-0.2, -0.15) is 0 Å².